The highest BCUT2D eigenvalue weighted by atomic mass is 16.5. The van der Waals surface area contributed by atoms with Crippen molar-refractivity contribution in [2.75, 3.05) is 39.8 Å². The second-order valence-corrected chi connectivity index (χ2v) is 4.77. The van der Waals surface area contributed by atoms with Crippen LogP contribution in [-0.2, 0) is 6.42 Å². The number of nitrogens with zero attached hydrogens (tertiary/aromatic N) is 3. The Balaban J connectivity index is 1.72. The zero-order chi connectivity index (χ0) is 13.1. The van der Waals surface area contributed by atoms with E-state index in [2.05, 4.69) is 25.2 Å². The highest BCUT2D eigenvalue weighted by Crippen LogP contribution is 2.17. The van der Waals surface area contributed by atoms with Gasteiger partial charge in [-0.3, -0.25) is 0 Å². The molecule has 1 aliphatic heterocycles. The quantitative estimate of drug-likeness (QED) is 0.834. The molecule has 0 atom stereocenters. The predicted octanol–water partition coefficient (Wildman–Crippen LogP) is 0.414. The maximum absolute atomic E-state index is 5.13. The zero-order valence-electron chi connectivity index (χ0n) is 11.1. The number of hydrogen-bond acceptors (Lipinski definition) is 5. The van der Waals surface area contributed by atoms with Crippen molar-refractivity contribution in [2.45, 2.75) is 6.42 Å². The maximum atomic E-state index is 5.13. The molecule has 3 rings (SSSR count). The standard InChI is InChI=1S/C13H19N5O/c1-19-11-9-16-13-12(17-11)10(8-15-13)2-5-18-6-3-14-4-7-18/h8-9,14H,2-7H2,1H3,(H,15,16). The molecule has 0 aromatic carbocycles. The molecule has 2 N–H and O–H groups in total. The van der Waals surface area contributed by atoms with Gasteiger partial charge in [-0.25, -0.2) is 9.97 Å². The van der Waals surface area contributed by atoms with E-state index in [0.717, 1.165) is 50.3 Å². The fraction of sp³-hybridized carbons (Fsp3) is 0.538. The summed E-state index contributed by atoms with van der Waals surface area (Å²) in [5.74, 6) is 0.565. The number of piperazine rings is 1. The largest absolute Gasteiger partial charge is 0.480 e. The van der Waals surface area contributed by atoms with Gasteiger partial charge in [0.2, 0.25) is 5.88 Å². The van der Waals surface area contributed by atoms with Gasteiger partial charge in [0, 0.05) is 38.9 Å². The summed E-state index contributed by atoms with van der Waals surface area (Å²) in [4.78, 5) is 14.4. The van der Waals surface area contributed by atoms with E-state index in [9.17, 15) is 0 Å². The lowest BCUT2D eigenvalue weighted by molar-refractivity contribution is 0.244. The average molecular weight is 261 g/mol. The highest BCUT2D eigenvalue weighted by molar-refractivity contribution is 5.75. The molecule has 19 heavy (non-hydrogen) atoms. The normalized spacial score (nSPS) is 16.9. The van der Waals surface area contributed by atoms with Gasteiger partial charge >= 0.3 is 0 Å². The number of H-pyrrole nitrogens is 1. The lowest BCUT2D eigenvalue weighted by atomic mass is 10.2. The van der Waals surface area contributed by atoms with Gasteiger partial charge in [0.25, 0.3) is 0 Å². The molecule has 3 heterocycles. The molecular weight excluding hydrogens is 242 g/mol. The van der Waals surface area contributed by atoms with Crippen molar-refractivity contribution < 1.29 is 4.74 Å². The van der Waals surface area contributed by atoms with Crippen LogP contribution >= 0.6 is 0 Å². The number of rotatable bonds is 4. The monoisotopic (exact) mass is 261 g/mol. The van der Waals surface area contributed by atoms with Crippen LogP contribution in [0.2, 0.25) is 0 Å². The molecule has 0 unspecified atom stereocenters. The van der Waals surface area contributed by atoms with Gasteiger partial charge in [-0.1, -0.05) is 0 Å². The summed E-state index contributed by atoms with van der Waals surface area (Å²) in [5.41, 5.74) is 2.96. The number of nitrogens with one attached hydrogen (secondary N) is 2. The Morgan fingerprint density at radius 3 is 3.00 bits per heavy atom. The van der Waals surface area contributed by atoms with Crippen LogP contribution in [0.3, 0.4) is 0 Å². The van der Waals surface area contributed by atoms with Crippen LogP contribution in [0.25, 0.3) is 11.2 Å². The number of ether oxygens (including phenoxy) is 1. The zero-order valence-corrected chi connectivity index (χ0v) is 11.1. The number of aromatic amines is 1. The fourth-order valence-corrected chi connectivity index (χ4v) is 2.43. The van der Waals surface area contributed by atoms with Crippen molar-refractivity contribution in [3.8, 4) is 5.88 Å². The summed E-state index contributed by atoms with van der Waals surface area (Å²) < 4.78 is 5.13. The van der Waals surface area contributed by atoms with E-state index >= 15 is 0 Å². The Hall–Kier alpha value is -1.66. The van der Waals surface area contributed by atoms with Crippen LogP contribution in [0.15, 0.2) is 12.4 Å². The van der Waals surface area contributed by atoms with Gasteiger partial charge in [-0.05, 0) is 12.0 Å². The Morgan fingerprint density at radius 1 is 1.37 bits per heavy atom. The minimum Gasteiger partial charge on any atom is -0.480 e. The van der Waals surface area contributed by atoms with E-state index in [-0.39, 0.29) is 0 Å². The fourth-order valence-electron chi connectivity index (χ4n) is 2.43. The van der Waals surface area contributed by atoms with E-state index < -0.39 is 0 Å². The molecular formula is C13H19N5O. The van der Waals surface area contributed by atoms with Crippen LogP contribution in [0.4, 0.5) is 0 Å². The van der Waals surface area contributed by atoms with Crippen LogP contribution in [0.1, 0.15) is 5.56 Å². The Kier molecular flexibility index (Phi) is 3.61. The van der Waals surface area contributed by atoms with Gasteiger partial charge in [-0.2, -0.15) is 0 Å². The molecule has 0 saturated carbocycles. The summed E-state index contributed by atoms with van der Waals surface area (Å²) in [6, 6.07) is 0. The van der Waals surface area contributed by atoms with Crippen LogP contribution in [0, 0.1) is 0 Å². The minimum absolute atomic E-state index is 0.565. The van der Waals surface area contributed by atoms with Gasteiger partial charge < -0.3 is 19.9 Å². The first-order valence-electron chi connectivity index (χ1n) is 6.67. The topological polar surface area (TPSA) is 66.1 Å². The first-order valence-corrected chi connectivity index (χ1v) is 6.67. The van der Waals surface area contributed by atoms with Gasteiger partial charge in [0.1, 0.15) is 5.52 Å². The minimum atomic E-state index is 0.565. The van der Waals surface area contributed by atoms with Crippen molar-refractivity contribution in [1.29, 1.82) is 0 Å². The summed E-state index contributed by atoms with van der Waals surface area (Å²) >= 11 is 0. The van der Waals surface area contributed by atoms with Crippen LogP contribution in [-0.4, -0.2) is 59.7 Å². The molecule has 0 bridgehead atoms. The molecule has 1 saturated heterocycles. The molecule has 0 aliphatic carbocycles. The van der Waals surface area contributed by atoms with E-state index in [1.165, 1.54) is 5.56 Å². The lowest BCUT2D eigenvalue weighted by Crippen LogP contribution is -2.44. The molecule has 2 aromatic heterocycles. The van der Waals surface area contributed by atoms with E-state index in [4.69, 9.17) is 4.74 Å². The number of aromatic nitrogens is 3. The van der Waals surface area contributed by atoms with Crippen molar-refractivity contribution in [3.63, 3.8) is 0 Å². The third kappa shape index (κ3) is 2.69. The number of fused-ring (bicyclic) bond motifs is 1. The third-order valence-corrected chi connectivity index (χ3v) is 3.55. The van der Waals surface area contributed by atoms with Crippen molar-refractivity contribution in [3.05, 3.63) is 18.0 Å². The van der Waals surface area contributed by atoms with Gasteiger partial charge in [0.15, 0.2) is 5.65 Å². The average Bonchev–Trinajstić information content (AvgIpc) is 2.88. The first-order chi connectivity index (χ1) is 9.36. The predicted molar refractivity (Wildman–Crippen MR) is 73.5 cm³/mol. The summed E-state index contributed by atoms with van der Waals surface area (Å²) in [7, 11) is 1.61. The summed E-state index contributed by atoms with van der Waals surface area (Å²) in [5, 5.41) is 3.37. The lowest BCUT2D eigenvalue weighted by Gasteiger charge is -2.26. The second-order valence-electron chi connectivity index (χ2n) is 4.77. The Morgan fingerprint density at radius 2 is 2.21 bits per heavy atom. The van der Waals surface area contributed by atoms with Crippen molar-refractivity contribution in [1.82, 2.24) is 25.2 Å². The molecule has 0 radical (unpaired) electrons. The Labute approximate surface area is 112 Å². The molecule has 0 spiro atoms. The first kappa shape index (κ1) is 12.4. The number of hydrogen-bond donors (Lipinski definition) is 2. The molecule has 6 nitrogen and oxygen atoms in total. The smallest absolute Gasteiger partial charge is 0.232 e. The van der Waals surface area contributed by atoms with Crippen LogP contribution in [0.5, 0.6) is 5.88 Å². The maximum Gasteiger partial charge on any atom is 0.232 e. The third-order valence-electron chi connectivity index (χ3n) is 3.55. The number of methoxy groups -OCH3 is 1. The molecule has 6 heteroatoms. The second kappa shape index (κ2) is 5.54. The van der Waals surface area contributed by atoms with Crippen molar-refractivity contribution >= 4 is 11.2 Å². The molecule has 1 fully saturated rings. The summed E-state index contributed by atoms with van der Waals surface area (Å²) in [6.45, 7) is 5.48. The van der Waals surface area contributed by atoms with Crippen molar-refractivity contribution in [2.24, 2.45) is 0 Å². The van der Waals surface area contributed by atoms with Gasteiger partial charge in [-0.15, -0.1) is 0 Å². The molecule has 2 aromatic rings. The molecule has 1 aliphatic rings. The van der Waals surface area contributed by atoms with E-state index in [1.54, 1.807) is 13.3 Å². The molecule has 102 valence electrons. The summed E-state index contributed by atoms with van der Waals surface area (Å²) in [6.07, 6.45) is 4.63. The molecule has 0 amide bonds. The van der Waals surface area contributed by atoms with Gasteiger partial charge in [0.05, 0.1) is 13.3 Å². The highest BCUT2D eigenvalue weighted by Gasteiger charge is 2.12. The van der Waals surface area contributed by atoms with E-state index in [0.29, 0.717) is 5.88 Å². The Bertz CT molecular complexity index is 547. The van der Waals surface area contributed by atoms with Crippen LogP contribution < -0.4 is 10.1 Å². The van der Waals surface area contributed by atoms with E-state index in [1.807, 2.05) is 6.20 Å². The SMILES string of the molecule is COc1cnc2[nH]cc(CCN3CCNCC3)c2n1.